The summed E-state index contributed by atoms with van der Waals surface area (Å²) in [5, 5.41) is 0. The first-order chi connectivity index (χ1) is 27.1. The van der Waals surface area contributed by atoms with Crippen LogP contribution >= 0.6 is 27.3 Å². The van der Waals surface area contributed by atoms with Gasteiger partial charge in [-0.3, -0.25) is 0 Å². The van der Waals surface area contributed by atoms with Gasteiger partial charge in [-0.2, -0.15) is 6.67 Å². The van der Waals surface area contributed by atoms with Gasteiger partial charge in [-0.1, -0.05) is 67.5 Å². The molecular formula is C50H73Cl2N2PRu. The van der Waals surface area contributed by atoms with Crippen LogP contribution < -0.4 is 9.80 Å². The van der Waals surface area contributed by atoms with Gasteiger partial charge in [0.1, 0.15) is 0 Å². The third-order valence-electron chi connectivity index (χ3n) is 13.7. The number of halogens is 2. The number of nitrogens with zero attached hydrogens (tertiary/aromatic N) is 2. The predicted octanol–water partition coefficient (Wildman–Crippen LogP) is 15.3. The maximum absolute atomic E-state index is 5.67. The molecule has 0 amide bonds. The van der Waals surface area contributed by atoms with E-state index in [-0.39, 0.29) is 7.92 Å². The Morgan fingerprint density at radius 3 is 1.20 bits per heavy atom. The summed E-state index contributed by atoms with van der Waals surface area (Å²) in [5.74, 6) is 0. The second-order valence-corrected chi connectivity index (χ2v) is 27.2. The zero-order valence-electron chi connectivity index (χ0n) is 35.7. The average molecular weight is 905 g/mol. The van der Waals surface area contributed by atoms with Gasteiger partial charge < -0.3 is 9.80 Å². The minimum absolute atomic E-state index is 0.0465. The second kappa shape index (κ2) is 21.9. The first-order valence-corrected chi connectivity index (χ1v) is 29.6. The quantitative estimate of drug-likeness (QED) is 0.138. The Morgan fingerprint density at radius 2 is 0.857 bits per heavy atom. The van der Waals surface area contributed by atoms with Crippen LogP contribution in [0.1, 0.15) is 161 Å². The van der Waals surface area contributed by atoms with Crippen LogP contribution in [0.4, 0.5) is 11.4 Å². The molecule has 0 bridgehead atoms. The Kier molecular flexibility index (Phi) is 17.3. The number of hydrogen-bond donors (Lipinski definition) is 0. The van der Waals surface area contributed by atoms with Gasteiger partial charge in [0.15, 0.2) is 0 Å². The van der Waals surface area contributed by atoms with Crippen molar-refractivity contribution in [3.05, 3.63) is 100 Å². The molecule has 0 N–H and O–H groups in total. The van der Waals surface area contributed by atoms with Gasteiger partial charge in [0.25, 0.3) is 0 Å². The van der Waals surface area contributed by atoms with Gasteiger partial charge in [-0.05, 0) is 154 Å². The predicted molar refractivity (Wildman–Crippen MR) is 249 cm³/mol. The van der Waals surface area contributed by atoms with Gasteiger partial charge in [-0.25, -0.2) is 0 Å². The normalized spacial score (nSPS) is 22.5. The molecule has 1 saturated heterocycles. The van der Waals surface area contributed by atoms with Crippen LogP contribution in [-0.2, 0) is 13.5 Å². The molecular weight excluding hydrogens is 832 g/mol. The molecule has 5 fully saturated rings. The molecule has 56 heavy (non-hydrogen) atoms. The van der Waals surface area contributed by atoms with Crippen LogP contribution in [0.15, 0.2) is 54.6 Å². The summed E-state index contributed by atoms with van der Waals surface area (Å²) >= 11 is -1.61. The first kappa shape index (κ1) is 44.3. The molecule has 3 aromatic rings. The molecule has 2 nitrogen and oxygen atoms in total. The summed E-state index contributed by atoms with van der Waals surface area (Å²) in [6, 6.07) is 20.4. The number of hydrogen-bond acceptors (Lipinski definition) is 2. The van der Waals surface area contributed by atoms with E-state index >= 15 is 0 Å². The number of anilines is 2. The van der Waals surface area contributed by atoms with Crippen molar-refractivity contribution in [2.45, 2.75) is 193 Å². The number of fused-ring (bicyclic) bond motifs is 1. The Bertz CT molecular complexity index is 1540. The Hall–Kier alpha value is -1.24. The van der Waals surface area contributed by atoms with Gasteiger partial charge in [0.05, 0.1) is 17.0 Å². The minimum atomic E-state index is -1.61. The van der Waals surface area contributed by atoms with Crippen molar-refractivity contribution in [2.75, 3.05) is 9.80 Å². The number of benzene rings is 3. The molecule has 1 heterocycles. The van der Waals surface area contributed by atoms with Crippen molar-refractivity contribution in [3.8, 4) is 0 Å². The molecule has 0 spiro atoms. The van der Waals surface area contributed by atoms with E-state index in [4.69, 9.17) is 19.4 Å². The van der Waals surface area contributed by atoms with Crippen molar-refractivity contribution in [1.82, 2.24) is 0 Å². The molecule has 8 rings (SSSR count). The SMILES string of the molecule is C1CCC([PH+](C2CCCCC2)C2CCCCC2)CC1.Cc1cc(C)c(N2[CH-]N(c3c(C)cc(C)cc3C)C3CCCCC32)c(C)c1.[Cl][Ru]([Cl])=[CH]c1ccccc1. The first-order valence-electron chi connectivity index (χ1n) is 22.4. The Labute approximate surface area is 357 Å². The van der Waals surface area contributed by atoms with Crippen LogP contribution in [0.5, 0.6) is 0 Å². The van der Waals surface area contributed by atoms with E-state index in [0.29, 0.717) is 12.1 Å². The molecule has 0 aromatic heterocycles. The van der Waals surface area contributed by atoms with Crippen molar-refractivity contribution in [3.63, 3.8) is 0 Å². The van der Waals surface area contributed by atoms with E-state index in [1.54, 1.807) is 96.3 Å². The van der Waals surface area contributed by atoms with Crippen LogP contribution in [-0.4, -0.2) is 33.7 Å². The molecule has 3 aromatic carbocycles. The van der Waals surface area contributed by atoms with Gasteiger partial charge >= 0.3 is 73.4 Å². The zero-order valence-corrected chi connectivity index (χ0v) is 39.9. The monoisotopic (exact) mass is 904 g/mol. The van der Waals surface area contributed by atoms with Crippen molar-refractivity contribution >= 4 is 43.3 Å². The molecule has 0 radical (unpaired) electrons. The molecule has 2 atom stereocenters. The van der Waals surface area contributed by atoms with Crippen molar-refractivity contribution in [1.29, 1.82) is 0 Å². The van der Waals surface area contributed by atoms with E-state index in [1.807, 2.05) is 34.9 Å². The van der Waals surface area contributed by atoms with Crippen LogP contribution in [0.3, 0.4) is 0 Å². The van der Waals surface area contributed by atoms with Gasteiger partial charge in [0, 0.05) is 31.4 Å². The summed E-state index contributed by atoms with van der Waals surface area (Å²) in [7, 11) is 11.3. The van der Waals surface area contributed by atoms with Crippen LogP contribution in [0.2, 0.25) is 0 Å². The van der Waals surface area contributed by atoms with E-state index in [1.165, 1.54) is 87.4 Å². The van der Waals surface area contributed by atoms with Gasteiger partial charge in [-0.15, -0.1) is 0 Å². The van der Waals surface area contributed by atoms with Crippen molar-refractivity contribution < 1.29 is 13.5 Å². The molecule has 2 unspecified atom stereocenters. The van der Waals surface area contributed by atoms with E-state index in [0.717, 1.165) is 5.56 Å². The summed E-state index contributed by atoms with van der Waals surface area (Å²) in [5.41, 5.74) is 15.9. The maximum atomic E-state index is 5.67. The van der Waals surface area contributed by atoms with E-state index in [9.17, 15) is 0 Å². The topological polar surface area (TPSA) is 6.48 Å². The Morgan fingerprint density at radius 1 is 0.518 bits per heavy atom. The molecule has 1 aliphatic heterocycles. The molecule has 4 saturated carbocycles. The average Bonchev–Trinajstić information content (AvgIpc) is 3.54. The Balaban J connectivity index is 0.000000159. The van der Waals surface area contributed by atoms with Gasteiger partial charge in [0.2, 0.25) is 0 Å². The fourth-order valence-corrected chi connectivity index (χ4v) is 18.6. The zero-order chi connectivity index (χ0) is 39.6. The summed E-state index contributed by atoms with van der Waals surface area (Å²) in [4.78, 5) is 5.21. The molecule has 4 aliphatic carbocycles. The van der Waals surface area contributed by atoms with E-state index in [2.05, 4.69) is 82.3 Å². The van der Waals surface area contributed by atoms with Crippen molar-refractivity contribution in [2.24, 2.45) is 0 Å². The fraction of sp³-hybridized carbons (Fsp3) is 0.600. The van der Waals surface area contributed by atoms with E-state index < -0.39 is 13.5 Å². The number of aryl methyl sites for hydroxylation is 6. The number of rotatable bonds is 6. The molecule has 310 valence electrons. The molecule has 6 heteroatoms. The summed E-state index contributed by atoms with van der Waals surface area (Å²) < 4.78 is 1.92. The molecule has 5 aliphatic rings. The van der Waals surface area contributed by atoms with Crippen LogP contribution in [0, 0.1) is 48.2 Å². The third-order valence-corrected chi connectivity index (χ3v) is 20.1. The fourth-order valence-electron chi connectivity index (χ4n) is 11.6. The third kappa shape index (κ3) is 11.7. The standard InChI is InChI=1S/C25H33N2.C18H33P.C7H6.2ClH.Ru/c1-16-11-18(3)24(19(4)12-16)26-15-27(23-10-8-7-9-22(23)26)25-20(5)13-17(2)14-21(25)6;1-4-10-16(11-5-1)19(17-12-6-2-7-13-17)18-14-8-3-9-15-18;1-7-5-3-2-4-6-7;;;/h11-15,22-23H,7-10H2,1-6H3;16-18H,1-15H2;1-6H;2*1H;/q-1;;;;;+2/p-1. The summed E-state index contributed by atoms with van der Waals surface area (Å²) in [6.07, 6.45) is 29.0. The second-order valence-electron chi connectivity index (χ2n) is 18.1. The summed E-state index contributed by atoms with van der Waals surface area (Å²) in [6.45, 7) is 15.9. The van der Waals surface area contributed by atoms with Crippen LogP contribution in [0.25, 0.3) is 0 Å².